The van der Waals surface area contributed by atoms with Gasteiger partial charge in [0.2, 0.25) is 0 Å². The summed E-state index contributed by atoms with van der Waals surface area (Å²) in [6.45, 7) is 20.3. The van der Waals surface area contributed by atoms with Crippen molar-refractivity contribution in [2.45, 2.75) is 194 Å². The van der Waals surface area contributed by atoms with Crippen molar-refractivity contribution in [1.29, 1.82) is 0 Å². The van der Waals surface area contributed by atoms with Crippen LogP contribution < -0.4 is 5.32 Å². The maximum atomic E-state index is 14.7. The zero-order valence-electron chi connectivity index (χ0n) is 50.6. The van der Waals surface area contributed by atoms with Crippen molar-refractivity contribution >= 4 is 47.6 Å². The quantitative estimate of drug-likeness (QED) is 0.0578. The van der Waals surface area contributed by atoms with Crippen LogP contribution in [0.5, 0.6) is 0 Å². The number of hydrogen-bond acceptors (Lipinski definition) is 15. The third-order valence-corrected chi connectivity index (χ3v) is 15.2. The van der Waals surface area contributed by atoms with Gasteiger partial charge in [0.25, 0.3) is 17.7 Å². The number of nitrogens with one attached hydrogen (secondary N) is 1. The normalized spacial score (nSPS) is 17.3. The van der Waals surface area contributed by atoms with E-state index in [2.05, 4.69) is 5.32 Å². The number of esters is 4. The van der Waals surface area contributed by atoms with E-state index in [0.29, 0.717) is 44.3 Å². The molecule has 2 aromatic carbocycles. The fourth-order valence-corrected chi connectivity index (χ4v) is 10.3. The largest absolute Gasteiger partial charge is 0.479 e. The molecule has 8 atom stereocenters. The van der Waals surface area contributed by atoms with Gasteiger partial charge in [-0.25, -0.2) is 19.2 Å². The Balaban J connectivity index is 1.61. The zero-order valence-corrected chi connectivity index (χ0v) is 50.6. The van der Waals surface area contributed by atoms with Gasteiger partial charge in [0, 0.05) is 60.4 Å². The van der Waals surface area contributed by atoms with Gasteiger partial charge in [0.05, 0.1) is 0 Å². The SMILES string of the molecule is CN[C@@H](CC(C)C)C(=O)O[C@H](Cc1ccc(C2CCOCC2)cc1)C(=O)N(C)[C@@H](CC(C)C)C(=O)O[C@H](C)C(=O)N(C)[C@@H](CC(C)C)C(=O)O[C@H](Cc1ccc(C2CCOCC2)cc1)C(=O)N(C)[C@@H](CC(C)C)C(=O)O[C@H](C)C(=O)O. The number of benzene rings is 2. The van der Waals surface area contributed by atoms with Crippen molar-refractivity contribution in [2.75, 3.05) is 54.6 Å². The maximum Gasteiger partial charge on any atom is 0.344 e. The number of likely N-dealkylation sites (N-methyl/N-ethyl adjacent to an activating group) is 4. The van der Waals surface area contributed by atoms with E-state index in [1.165, 1.54) is 39.9 Å². The standard InChI is InChI=1S/C62H94N4O15/c1-37(2)31-49(63-11)59(72)80-53(35-43-15-19-45(20-16-43)47-23-27-76-28-24-47)56(68)65(13)50(32-38(3)4)60(73)78-41(9)55(67)64(12)52(34-40(7)8)62(75)81-54(36-44-17-21-46(22-18-44)48-25-29-77-30-26-48)57(69)66(14)51(33-39(5)6)61(74)79-42(10)58(70)71/h15-22,37-42,47-54,63H,23-36H2,1-14H3,(H,70,71)/t41-,42-,49+,50+,51+,52+,53-,54-/m1/s1. The van der Waals surface area contributed by atoms with E-state index in [1.54, 1.807) is 7.05 Å². The molecule has 2 aliphatic heterocycles. The average molecular weight is 1140 g/mol. The summed E-state index contributed by atoms with van der Waals surface area (Å²) in [5, 5.41) is 12.5. The lowest BCUT2D eigenvalue weighted by Gasteiger charge is -2.34. The number of carbonyl (C=O) groups is 8. The Kier molecular flexibility index (Phi) is 27.2. The van der Waals surface area contributed by atoms with Crippen molar-refractivity contribution in [3.8, 4) is 0 Å². The number of carboxylic acid groups (broad SMARTS) is 1. The van der Waals surface area contributed by atoms with Crippen molar-refractivity contribution in [1.82, 2.24) is 20.0 Å². The molecular formula is C62H94N4O15. The van der Waals surface area contributed by atoms with E-state index in [9.17, 15) is 43.5 Å². The van der Waals surface area contributed by atoms with Crippen molar-refractivity contribution < 1.29 is 71.9 Å². The van der Waals surface area contributed by atoms with Gasteiger partial charge in [-0.1, -0.05) is 104 Å². The van der Waals surface area contributed by atoms with E-state index < -0.39 is 96.2 Å². The van der Waals surface area contributed by atoms with Crippen LogP contribution in [0.25, 0.3) is 0 Å². The van der Waals surface area contributed by atoms with Crippen LogP contribution in [0.3, 0.4) is 0 Å². The molecule has 3 amide bonds. The molecule has 0 spiro atoms. The lowest BCUT2D eigenvalue weighted by Crippen LogP contribution is -2.53. The van der Waals surface area contributed by atoms with Gasteiger partial charge in [-0.2, -0.15) is 0 Å². The second-order valence-corrected chi connectivity index (χ2v) is 23.8. The Hall–Kier alpha value is -5.92. The minimum atomic E-state index is -1.52. The van der Waals surface area contributed by atoms with Gasteiger partial charge in [-0.3, -0.25) is 19.2 Å². The van der Waals surface area contributed by atoms with Gasteiger partial charge >= 0.3 is 29.8 Å². The van der Waals surface area contributed by atoms with Crippen LogP contribution in [-0.2, 0) is 79.6 Å². The van der Waals surface area contributed by atoms with E-state index in [0.717, 1.165) is 52.2 Å². The van der Waals surface area contributed by atoms with Crippen LogP contribution in [0.4, 0.5) is 0 Å². The number of aliphatic carboxylic acids is 1. The number of carboxylic acids is 1. The van der Waals surface area contributed by atoms with Gasteiger partial charge in [-0.15, -0.1) is 0 Å². The molecule has 0 aliphatic carbocycles. The first-order chi connectivity index (χ1) is 38.2. The van der Waals surface area contributed by atoms with Crippen LogP contribution >= 0.6 is 0 Å². The second-order valence-electron chi connectivity index (χ2n) is 23.8. The second kappa shape index (κ2) is 32.6. The number of nitrogens with zero attached hydrogens (tertiary/aromatic N) is 3. The fourth-order valence-electron chi connectivity index (χ4n) is 10.3. The zero-order chi connectivity index (χ0) is 60.2. The first-order valence-corrected chi connectivity index (χ1v) is 29.1. The monoisotopic (exact) mass is 1130 g/mol. The molecule has 2 heterocycles. The Morgan fingerprint density at radius 3 is 1.14 bits per heavy atom. The highest BCUT2D eigenvalue weighted by Gasteiger charge is 2.41. The predicted molar refractivity (Wildman–Crippen MR) is 305 cm³/mol. The highest BCUT2D eigenvalue weighted by atomic mass is 16.6. The smallest absolute Gasteiger partial charge is 0.344 e. The van der Waals surface area contributed by atoms with Crippen LogP contribution in [-0.4, -0.2) is 171 Å². The highest BCUT2D eigenvalue weighted by molar-refractivity contribution is 5.93. The number of amides is 3. The minimum Gasteiger partial charge on any atom is -0.479 e. The maximum absolute atomic E-state index is 14.7. The molecule has 0 saturated carbocycles. The first-order valence-electron chi connectivity index (χ1n) is 29.1. The predicted octanol–water partition coefficient (Wildman–Crippen LogP) is 7.28. The Labute approximate surface area is 480 Å². The number of ether oxygens (including phenoxy) is 6. The van der Waals surface area contributed by atoms with Gasteiger partial charge in [0.1, 0.15) is 24.2 Å². The van der Waals surface area contributed by atoms with Gasteiger partial charge in [-0.05, 0) is 130 Å². The first kappa shape index (κ1) is 67.6. The molecule has 19 heteroatoms. The van der Waals surface area contributed by atoms with Gasteiger partial charge < -0.3 is 53.5 Å². The average Bonchev–Trinajstić information content (AvgIpc) is 3.46. The summed E-state index contributed by atoms with van der Waals surface area (Å²) >= 11 is 0. The molecule has 0 bridgehead atoms. The fraction of sp³-hybridized carbons (Fsp3) is 0.677. The summed E-state index contributed by atoms with van der Waals surface area (Å²) in [5.74, 6) is -6.60. The topological polar surface area (TPSA) is 234 Å². The number of rotatable bonds is 30. The van der Waals surface area contributed by atoms with E-state index in [1.807, 2.05) is 104 Å². The molecule has 2 aromatic rings. The van der Waals surface area contributed by atoms with E-state index in [4.69, 9.17) is 28.4 Å². The summed E-state index contributed by atoms with van der Waals surface area (Å²) in [4.78, 5) is 115. The lowest BCUT2D eigenvalue weighted by atomic mass is 9.90. The summed E-state index contributed by atoms with van der Waals surface area (Å²) in [6.07, 6.45) is -1.62. The molecule has 2 saturated heterocycles. The van der Waals surface area contributed by atoms with Gasteiger partial charge in [0.15, 0.2) is 24.4 Å². The van der Waals surface area contributed by atoms with Crippen molar-refractivity contribution in [3.05, 3.63) is 70.8 Å². The third kappa shape index (κ3) is 20.8. The minimum absolute atomic E-state index is 0.0281. The van der Waals surface area contributed by atoms with E-state index in [-0.39, 0.29) is 61.7 Å². The molecule has 2 aliphatic rings. The van der Waals surface area contributed by atoms with Crippen LogP contribution in [0, 0.1) is 23.7 Å². The number of hydrogen-bond donors (Lipinski definition) is 2. The Morgan fingerprint density at radius 1 is 0.481 bits per heavy atom. The Bertz CT molecular complexity index is 2360. The summed E-state index contributed by atoms with van der Waals surface area (Å²) in [7, 11) is 5.85. The van der Waals surface area contributed by atoms with Crippen molar-refractivity contribution in [2.24, 2.45) is 23.7 Å². The summed E-state index contributed by atoms with van der Waals surface area (Å²) in [6, 6.07) is 11.1. The summed E-state index contributed by atoms with van der Waals surface area (Å²) < 4.78 is 34.5. The third-order valence-electron chi connectivity index (χ3n) is 15.2. The Morgan fingerprint density at radius 2 is 0.802 bits per heavy atom. The summed E-state index contributed by atoms with van der Waals surface area (Å²) in [5.41, 5.74) is 3.65. The molecule has 0 aromatic heterocycles. The molecule has 19 nitrogen and oxygen atoms in total. The lowest BCUT2D eigenvalue weighted by molar-refractivity contribution is -0.174. The molecule has 0 radical (unpaired) electrons. The molecular weight excluding hydrogens is 1040 g/mol. The molecule has 81 heavy (non-hydrogen) atoms. The molecule has 4 rings (SSSR count). The van der Waals surface area contributed by atoms with Crippen LogP contribution in [0.1, 0.15) is 155 Å². The molecule has 2 fully saturated rings. The van der Waals surface area contributed by atoms with Crippen LogP contribution in [0.2, 0.25) is 0 Å². The van der Waals surface area contributed by atoms with E-state index >= 15 is 0 Å². The molecule has 2 N–H and O–H groups in total. The highest BCUT2D eigenvalue weighted by Crippen LogP contribution is 2.30. The van der Waals surface area contributed by atoms with Crippen molar-refractivity contribution in [3.63, 3.8) is 0 Å². The number of carbonyl (C=O) groups excluding carboxylic acids is 7. The van der Waals surface area contributed by atoms with Crippen LogP contribution in [0.15, 0.2) is 48.5 Å². The molecule has 0 unspecified atom stereocenters. The molecule has 452 valence electrons.